The highest BCUT2D eigenvalue weighted by Gasteiger charge is 2.16. The molecule has 0 radical (unpaired) electrons. The summed E-state index contributed by atoms with van der Waals surface area (Å²) in [6.45, 7) is 5.55. The molecule has 0 atom stereocenters. The topological polar surface area (TPSA) is 18.5 Å². The molecule has 3 aromatic carbocycles. The van der Waals surface area contributed by atoms with Crippen LogP contribution in [-0.2, 0) is 0 Å². The molecule has 0 fully saturated rings. The van der Waals surface area contributed by atoms with Gasteiger partial charge in [0.25, 0.3) is 0 Å². The summed E-state index contributed by atoms with van der Waals surface area (Å²) >= 11 is 0. The molecule has 0 N–H and O–H groups in total. The van der Waals surface area contributed by atoms with Crippen molar-refractivity contribution in [2.45, 2.75) is 97.3 Å². The first-order valence-corrected chi connectivity index (χ1v) is 15.1. The van der Waals surface area contributed by atoms with E-state index in [1.807, 2.05) is 48.5 Å². The normalized spacial score (nSPS) is 11.1. The Morgan fingerprint density at radius 3 is 1.54 bits per heavy atom. The number of unbranched alkanes of at least 4 members (excludes halogenated alkanes) is 11. The summed E-state index contributed by atoms with van der Waals surface area (Å²) in [5, 5.41) is 0. The van der Waals surface area contributed by atoms with Gasteiger partial charge < -0.3 is 9.47 Å². The molecule has 3 rings (SSSR count). The van der Waals surface area contributed by atoms with Crippen LogP contribution in [0.2, 0.25) is 0 Å². The molecule has 0 heterocycles. The summed E-state index contributed by atoms with van der Waals surface area (Å²) in [5.41, 5.74) is 2.92. The predicted octanol–water partition coefficient (Wildman–Crippen LogP) is 11.2. The first-order chi connectivity index (χ1) is 19.1. The molecular weight excluding hydrogens is 490 g/mol. The Morgan fingerprint density at radius 1 is 0.462 bits per heavy atom. The summed E-state index contributed by atoms with van der Waals surface area (Å²) in [6, 6.07) is 18.6. The molecule has 3 aromatic rings. The van der Waals surface area contributed by atoms with Crippen LogP contribution in [0.4, 0.5) is 8.78 Å². The Hall–Kier alpha value is -2.88. The van der Waals surface area contributed by atoms with Crippen molar-refractivity contribution in [2.75, 3.05) is 13.2 Å². The number of hydrogen-bond donors (Lipinski definition) is 0. The van der Waals surface area contributed by atoms with Crippen molar-refractivity contribution in [2.24, 2.45) is 0 Å². The molecule has 0 bridgehead atoms. The van der Waals surface area contributed by atoms with Crippen molar-refractivity contribution in [1.82, 2.24) is 0 Å². The number of ether oxygens (including phenoxy) is 2. The first-order valence-electron chi connectivity index (χ1n) is 15.1. The Kier molecular flexibility index (Phi) is 13.9. The quantitative estimate of drug-likeness (QED) is 0.142. The molecule has 2 nitrogen and oxygen atoms in total. The van der Waals surface area contributed by atoms with Gasteiger partial charge in [0.2, 0.25) is 5.82 Å². The van der Waals surface area contributed by atoms with Crippen LogP contribution in [0.5, 0.6) is 11.5 Å². The maximum atomic E-state index is 14.9. The minimum atomic E-state index is -0.918. The van der Waals surface area contributed by atoms with E-state index in [-0.39, 0.29) is 11.3 Å². The lowest BCUT2D eigenvalue weighted by atomic mass is 9.99. The Labute approximate surface area is 234 Å². The van der Waals surface area contributed by atoms with Crippen LogP contribution in [0.15, 0.2) is 60.7 Å². The molecule has 0 amide bonds. The lowest BCUT2D eigenvalue weighted by molar-refractivity contribution is 0.285. The van der Waals surface area contributed by atoms with E-state index in [1.54, 1.807) is 6.07 Å². The van der Waals surface area contributed by atoms with Gasteiger partial charge >= 0.3 is 0 Å². The number of halogens is 2. The molecule has 0 aliphatic carbocycles. The van der Waals surface area contributed by atoms with Crippen LogP contribution < -0.4 is 9.47 Å². The van der Waals surface area contributed by atoms with Crippen molar-refractivity contribution < 1.29 is 18.3 Å². The summed E-state index contributed by atoms with van der Waals surface area (Å²) in [7, 11) is 0. The van der Waals surface area contributed by atoms with Crippen LogP contribution in [0.3, 0.4) is 0 Å². The summed E-state index contributed by atoms with van der Waals surface area (Å²) in [5.74, 6) is -0.939. The lowest BCUT2D eigenvalue weighted by Crippen LogP contribution is -2.01. The monoisotopic (exact) mass is 536 g/mol. The van der Waals surface area contributed by atoms with Crippen LogP contribution >= 0.6 is 0 Å². The van der Waals surface area contributed by atoms with E-state index in [0.29, 0.717) is 12.2 Å². The first kappa shape index (κ1) is 30.7. The smallest absolute Gasteiger partial charge is 0.201 e. The molecule has 39 heavy (non-hydrogen) atoms. The van der Waals surface area contributed by atoms with Gasteiger partial charge in [-0.15, -0.1) is 0 Å². The minimum Gasteiger partial charge on any atom is -0.494 e. The average molecular weight is 537 g/mol. The standard InChI is InChI=1S/C35H46F2O2/c1-3-5-7-8-9-10-11-12-13-15-27-39-33-25-24-32(34(36)35(33)37)30-18-16-28(17-19-30)29-20-22-31(23-21-29)38-26-14-6-4-2/h16-25H,3-15,26-27H2,1-2H3. The van der Waals surface area contributed by atoms with Gasteiger partial charge in [-0.2, -0.15) is 4.39 Å². The highest BCUT2D eigenvalue weighted by atomic mass is 19.2. The summed E-state index contributed by atoms with van der Waals surface area (Å²) in [6.07, 6.45) is 15.6. The predicted molar refractivity (Wildman–Crippen MR) is 160 cm³/mol. The third kappa shape index (κ3) is 10.3. The molecular formula is C35H46F2O2. The van der Waals surface area contributed by atoms with E-state index in [0.717, 1.165) is 42.7 Å². The summed E-state index contributed by atoms with van der Waals surface area (Å²) < 4.78 is 41.0. The van der Waals surface area contributed by atoms with Gasteiger partial charge in [-0.1, -0.05) is 121 Å². The van der Waals surface area contributed by atoms with Gasteiger partial charge in [0.15, 0.2) is 11.6 Å². The van der Waals surface area contributed by atoms with E-state index in [9.17, 15) is 8.78 Å². The number of benzene rings is 3. The van der Waals surface area contributed by atoms with Crippen LogP contribution in [0, 0.1) is 11.6 Å². The van der Waals surface area contributed by atoms with Gasteiger partial charge in [-0.3, -0.25) is 0 Å². The molecule has 0 saturated heterocycles. The van der Waals surface area contributed by atoms with Crippen molar-refractivity contribution in [3.63, 3.8) is 0 Å². The molecule has 0 spiro atoms. The minimum absolute atomic E-state index is 0.0132. The largest absolute Gasteiger partial charge is 0.494 e. The molecule has 0 aliphatic rings. The van der Waals surface area contributed by atoms with Crippen LogP contribution in [-0.4, -0.2) is 13.2 Å². The fourth-order valence-corrected chi connectivity index (χ4v) is 4.77. The maximum absolute atomic E-state index is 14.9. The highest BCUT2D eigenvalue weighted by molar-refractivity contribution is 5.71. The highest BCUT2D eigenvalue weighted by Crippen LogP contribution is 2.32. The van der Waals surface area contributed by atoms with Crippen LogP contribution in [0.1, 0.15) is 97.3 Å². The second kappa shape index (κ2) is 17.7. The van der Waals surface area contributed by atoms with E-state index < -0.39 is 11.6 Å². The van der Waals surface area contributed by atoms with Gasteiger partial charge in [-0.05, 0) is 53.8 Å². The van der Waals surface area contributed by atoms with E-state index >= 15 is 0 Å². The van der Waals surface area contributed by atoms with E-state index in [2.05, 4.69) is 13.8 Å². The van der Waals surface area contributed by atoms with E-state index in [1.165, 1.54) is 70.3 Å². The zero-order valence-electron chi connectivity index (χ0n) is 24.0. The lowest BCUT2D eigenvalue weighted by Gasteiger charge is -2.11. The van der Waals surface area contributed by atoms with Gasteiger partial charge in [-0.25, -0.2) is 4.39 Å². The Morgan fingerprint density at radius 2 is 0.923 bits per heavy atom. The molecule has 4 heteroatoms. The van der Waals surface area contributed by atoms with E-state index in [4.69, 9.17) is 9.47 Å². The second-order valence-corrected chi connectivity index (χ2v) is 10.4. The fraction of sp³-hybridized carbons (Fsp3) is 0.486. The van der Waals surface area contributed by atoms with Crippen molar-refractivity contribution >= 4 is 0 Å². The van der Waals surface area contributed by atoms with Gasteiger partial charge in [0, 0.05) is 5.56 Å². The van der Waals surface area contributed by atoms with Gasteiger partial charge in [0.05, 0.1) is 13.2 Å². The third-order valence-corrected chi connectivity index (χ3v) is 7.20. The number of hydrogen-bond acceptors (Lipinski definition) is 2. The van der Waals surface area contributed by atoms with Gasteiger partial charge in [0.1, 0.15) is 5.75 Å². The molecule has 0 aromatic heterocycles. The van der Waals surface area contributed by atoms with Crippen LogP contribution in [0.25, 0.3) is 22.3 Å². The average Bonchev–Trinajstić information content (AvgIpc) is 2.97. The second-order valence-electron chi connectivity index (χ2n) is 10.4. The van der Waals surface area contributed by atoms with Crippen molar-refractivity contribution in [3.05, 3.63) is 72.3 Å². The Bertz CT molecular complexity index is 1080. The fourth-order valence-electron chi connectivity index (χ4n) is 4.77. The zero-order chi connectivity index (χ0) is 27.7. The molecule has 0 unspecified atom stereocenters. The SMILES string of the molecule is CCCCCCCCCCCCOc1ccc(-c2ccc(-c3ccc(OCCCCC)cc3)cc2)c(F)c1F. The Balaban J connectivity index is 1.45. The number of rotatable bonds is 19. The molecule has 0 aliphatic heterocycles. The molecule has 0 saturated carbocycles. The zero-order valence-corrected chi connectivity index (χ0v) is 24.0. The van der Waals surface area contributed by atoms with Crippen molar-refractivity contribution in [3.8, 4) is 33.8 Å². The van der Waals surface area contributed by atoms with Crippen molar-refractivity contribution in [1.29, 1.82) is 0 Å². The summed E-state index contributed by atoms with van der Waals surface area (Å²) in [4.78, 5) is 0. The molecule has 212 valence electrons. The third-order valence-electron chi connectivity index (χ3n) is 7.20. The maximum Gasteiger partial charge on any atom is 0.201 e.